The van der Waals surface area contributed by atoms with Crippen LogP contribution >= 0.6 is 0 Å². The maximum Gasteiger partial charge on any atom is 0.000956 e. The molecule has 0 rings (SSSR count). The zero-order valence-corrected chi connectivity index (χ0v) is 20.4. The highest BCUT2D eigenvalue weighted by Gasteiger charge is 2.17. The molecule has 0 aromatic heterocycles. The zero-order chi connectivity index (χ0) is 20.5. The van der Waals surface area contributed by atoms with E-state index in [9.17, 15) is 0 Å². The van der Waals surface area contributed by atoms with Gasteiger partial charge in [-0.2, -0.15) is 0 Å². The molecule has 0 aliphatic heterocycles. The van der Waals surface area contributed by atoms with Gasteiger partial charge in [0.1, 0.15) is 0 Å². The van der Waals surface area contributed by atoms with Gasteiger partial charge >= 0.3 is 0 Å². The average molecular weight is 382 g/mol. The van der Waals surface area contributed by atoms with Gasteiger partial charge in [-0.1, -0.05) is 106 Å². The first-order valence-electron chi connectivity index (χ1n) is 12.5. The Morgan fingerprint density at radius 2 is 1.30 bits per heavy atom. The minimum Gasteiger partial charge on any atom is -0.303 e. The predicted molar refractivity (Wildman–Crippen MR) is 126 cm³/mol. The summed E-state index contributed by atoms with van der Waals surface area (Å²) in [5.74, 6) is 1.75. The molecule has 0 aromatic rings. The molecule has 0 aromatic carbocycles. The Labute approximate surface area is 174 Å². The molecule has 0 aliphatic carbocycles. The molecule has 0 bridgehead atoms. The average Bonchev–Trinajstić information content (AvgIpc) is 2.60. The van der Waals surface area contributed by atoms with E-state index in [0.29, 0.717) is 5.41 Å². The quantitative estimate of drug-likeness (QED) is 0.214. The van der Waals surface area contributed by atoms with Gasteiger partial charge in [-0.3, -0.25) is 0 Å². The van der Waals surface area contributed by atoms with Crippen molar-refractivity contribution >= 4 is 0 Å². The van der Waals surface area contributed by atoms with Gasteiger partial charge in [0.05, 0.1) is 0 Å². The van der Waals surface area contributed by atoms with Gasteiger partial charge in [0.2, 0.25) is 0 Å². The lowest BCUT2D eigenvalue weighted by Crippen LogP contribution is -2.32. The molecule has 0 fully saturated rings. The summed E-state index contributed by atoms with van der Waals surface area (Å²) in [5, 5.41) is 0. The summed E-state index contributed by atoms with van der Waals surface area (Å²) < 4.78 is 0. The molecule has 0 N–H and O–H groups in total. The second kappa shape index (κ2) is 16.9. The van der Waals surface area contributed by atoms with Crippen molar-refractivity contribution in [3.63, 3.8) is 0 Å². The summed E-state index contributed by atoms with van der Waals surface area (Å²) in [4.78, 5) is 2.83. The molecule has 1 nitrogen and oxygen atoms in total. The molecule has 0 amide bonds. The molecule has 0 radical (unpaired) electrons. The van der Waals surface area contributed by atoms with Crippen LogP contribution in [0, 0.1) is 17.3 Å². The molecular weight excluding hydrogens is 326 g/mol. The fourth-order valence-electron chi connectivity index (χ4n) is 4.42. The normalized spacial score (nSPS) is 14.7. The van der Waals surface area contributed by atoms with Crippen molar-refractivity contribution in [1.29, 1.82) is 0 Å². The second-order valence-electron chi connectivity index (χ2n) is 10.5. The monoisotopic (exact) mass is 381 g/mol. The lowest BCUT2D eigenvalue weighted by molar-refractivity contribution is 0.191. The van der Waals surface area contributed by atoms with E-state index in [0.717, 1.165) is 11.8 Å². The van der Waals surface area contributed by atoms with Crippen LogP contribution in [0.3, 0.4) is 0 Å². The molecule has 2 unspecified atom stereocenters. The van der Waals surface area contributed by atoms with Crippen LogP contribution in [0.1, 0.15) is 132 Å². The van der Waals surface area contributed by atoms with Gasteiger partial charge in [-0.25, -0.2) is 0 Å². The Morgan fingerprint density at radius 3 is 1.85 bits per heavy atom. The van der Waals surface area contributed by atoms with Crippen LogP contribution in [-0.2, 0) is 0 Å². The molecule has 0 saturated carbocycles. The topological polar surface area (TPSA) is 3.24 Å². The summed E-state index contributed by atoms with van der Waals surface area (Å²) in [5.41, 5.74) is 0.468. The zero-order valence-electron chi connectivity index (χ0n) is 20.4. The van der Waals surface area contributed by atoms with Crippen molar-refractivity contribution in [1.82, 2.24) is 4.90 Å². The summed E-state index contributed by atoms with van der Waals surface area (Å²) in [6.45, 7) is 20.6. The smallest absolute Gasteiger partial charge is 0.000956 e. The Balaban J connectivity index is 4.34. The van der Waals surface area contributed by atoms with E-state index in [2.05, 4.69) is 53.4 Å². The van der Waals surface area contributed by atoms with Gasteiger partial charge in [-0.05, 0) is 56.0 Å². The molecule has 0 heterocycles. The van der Waals surface area contributed by atoms with Gasteiger partial charge in [0.15, 0.2) is 0 Å². The number of hydrogen-bond donors (Lipinski definition) is 0. The highest BCUT2D eigenvalue weighted by Crippen LogP contribution is 2.26. The third-order valence-electron chi connectivity index (χ3n) is 6.04. The van der Waals surface area contributed by atoms with Crippen LogP contribution in [0.15, 0.2) is 0 Å². The standard InChI is InChI=1S/C26H55N/c1-8-11-13-14-15-16-17-20-27(23-25(10-3)18-12-9-2)21-19-24(4)22-26(5,6)7/h24-25H,8-23H2,1-7H3. The third kappa shape index (κ3) is 17.8. The van der Waals surface area contributed by atoms with E-state index in [1.54, 1.807) is 0 Å². The Bertz CT molecular complexity index is 304. The maximum atomic E-state index is 2.83. The number of hydrogen-bond acceptors (Lipinski definition) is 1. The first-order valence-corrected chi connectivity index (χ1v) is 12.5. The Morgan fingerprint density at radius 1 is 0.704 bits per heavy atom. The fraction of sp³-hybridized carbons (Fsp3) is 1.00. The van der Waals surface area contributed by atoms with Crippen LogP contribution in [0.4, 0.5) is 0 Å². The van der Waals surface area contributed by atoms with Crippen LogP contribution < -0.4 is 0 Å². The van der Waals surface area contributed by atoms with Crippen LogP contribution in [-0.4, -0.2) is 24.5 Å². The van der Waals surface area contributed by atoms with Crippen LogP contribution in [0.25, 0.3) is 0 Å². The van der Waals surface area contributed by atoms with Crippen molar-refractivity contribution in [2.24, 2.45) is 17.3 Å². The number of nitrogens with zero attached hydrogens (tertiary/aromatic N) is 1. The predicted octanol–water partition coefficient (Wildman–Crippen LogP) is 8.72. The summed E-state index contributed by atoms with van der Waals surface area (Å²) in [7, 11) is 0. The van der Waals surface area contributed by atoms with E-state index in [1.165, 1.54) is 103 Å². The van der Waals surface area contributed by atoms with Crippen molar-refractivity contribution in [3.8, 4) is 0 Å². The molecule has 0 spiro atoms. The first-order chi connectivity index (χ1) is 12.8. The largest absolute Gasteiger partial charge is 0.303 e. The van der Waals surface area contributed by atoms with E-state index in [1.807, 2.05) is 0 Å². The summed E-state index contributed by atoms with van der Waals surface area (Å²) >= 11 is 0. The van der Waals surface area contributed by atoms with Crippen LogP contribution in [0.2, 0.25) is 0 Å². The third-order valence-corrected chi connectivity index (χ3v) is 6.04. The van der Waals surface area contributed by atoms with E-state index in [-0.39, 0.29) is 0 Å². The molecule has 0 aliphatic rings. The number of unbranched alkanes of at least 4 members (excludes halogenated alkanes) is 7. The van der Waals surface area contributed by atoms with Gasteiger partial charge in [-0.15, -0.1) is 0 Å². The Kier molecular flexibility index (Phi) is 16.8. The van der Waals surface area contributed by atoms with E-state index in [4.69, 9.17) is 0 Å². The Hall–Kier alpha value is -0.0400. The summed E-state index contributed by atoms with van der Waals surface area (Å²) in [6, 6.07) is 0. The van der Waals surface area contributed by atoms with Crippen molar-refractivity contribution < 1.29 is 0 Å². The van der Waals surface area contributed by atoms with Crippen molar-refractivity contribution in [2.75, 3.05) is 19.6 Å². The lowest BCUT2D eigenvalue weighted by atomic mass is 9.84. The van der Waals surface area contributed by atoms with Gasteiger partial charge in [0, 0.05) is 6.54 Å². The molecular formula is C26H55N. The fourth-order valence-corrected chi connectivity index (χ4v) is 4.42. The number of rotatable bonds is 18. The molecule has 164 valence electrons. The highest BCUT2D eigenvalue weighted by atomic mass is 15.1. The highest BCUT2D eigenvalue weighted by molar-refractivity contribution is 4.71. The minimum absolute atomic E-state index is 0.468. The first kappa shape index (κ1) is 27.0. The lowest BCUT2D eigenvalue weighted by Gasteiger charge is -2.30. The van der Waals surface area contributed by atoms with Crippen LogP contribution in [0.5, 0.6) is 0 Å². The minimum atomic E-state index is 0.468. The van der Waals surface area contributed by atoms with E-state index < -0.39 is 0 Å². The molecule has 0 saturated heterocycles. The van der Waals surface area contributed by atoms with E-state index >= 15 is 0 Å². The second-order valence-corrected chi connectivity index (χ2v) is 10.5. The summed E-state index contributed by atoms with van der Waals surface area (Å²) in [6.07, 6.45) is 18.2. The van der Waals surface area contributed by atoms with Crippen molar-refractivity contribution in [3.05, 3.63) is 0 Å². The van der Waals surface area contributed by atoms with Gasteiger partial charge < -0.3 is 4.90 Å². The molecule has 1 heteroatoms. The van der Waals surface area contributed by atoms with Crippen molar-refractivity contribution in [2.45, 2.75) is 132 Å². The van der Waals surface area contributed by atoms with Gasteiger partial charge in [0.25, 0.3) is 0 Å². The SMILES string of the molecule is CCCCCCCCCN(CCC(C)CC(C)(C)C)CC(CC)CCCC. The molecule has 27 heavy (non-hydrogen) atoms. The molecule has 2 atom stereocenters. The maximum absolute atomic E-state index is 2.83.